The van der Waals surface area contributed by atoms with Gasteiger partial charge in [0, 0.05) is 11.1 Å². The second kappa shape index (κ2) is 5.64. The minimum atomic E-state index is 0.790. The number of hydrogen-bond acceptors (Lipinski definition) is 3. The third-order valence-electron chi connectivity index (χ3n) is 2.40. The summed E-state index contributed by atoms with van der Waals surface area (Å²) in [6.07, 6.45) is 6.29. The fraction of sp³-hybridized carbons (Fsp3) is 0.214. The van der Waals surface area contributed by atoms with Gasteiger partial charge in [0.05, 0.1) is 5.69 Å². The van der Waals surface area contributed by atoms with Gasteiger partial charge in [-0.05, 0) is 30.2 Å². The van der Waals surface area contributed by atoms with E-state index in [1.807, 2.05) is 36.4 Å². The van der Waals surface area contributed by atoms with Crippen molar-refractivity contribution in [1.29, 1.82) is 0 Å². The highest BCUT2D eigenvalue weighted by atomic mass is 32.1. The van der Waals surface area contributed by atoms with Crippen molar-refractivity contribution in [2.75, 3.05) is 5.73 Å². The van der Waals surface area contributed by atoms with Gasteiger partial charge in [-0.25, -0.2) is 4.98 Å². The Balaban J connectivity index is 2.09. The summed E-state index contributed by atoms with van der Waals surface area (Å²) in [7, 11) is 0. The Bertz CT molecular complexity index is 514. The van der Waals surface area contributed by atoms with E-state index >= 15 is 0 Å². The lowest BCUT2D eigenvalue weighted by Crippen LogP contribution is -1.84. The highest BCUT2D eigenvalue weighted by Gasteiger charge is 1.97. The summed E-state index contributed by atoms with van der Waals surface area (Å²) in [5.74, 6) is 0. The Morgan fingerprint density at radius 1 is 1.35 bits per heavy atom. The summed E-state index contributed by atoms with van der Waals surface area (Å²) in [5.41, 5.74) is 8.81. The summed E-state index contributed by atoms with van der Waals surface area (Å²) in [6.45, 7) is 2.17. The molecule has 0 aliphatic heterocycles. The lowest BCUT2D eigenvalue weighted by molar-refractivity contribution is 0.891. The van der Waals surface area contributed by atoms with Crippen LogP contribution in [0.5, 0.6) is 0 Å². The van der Waals surface area contributed by atoms with E-state index in [4.69, 9.17) is 5.73 Å². The van der Waals surface area contributed by atoms with Crippen LogP contribution in [0.1, 0.15) is 29.6 Å². The Hall–Kier alpha value is -1.61. The molecule has 0 saturated heterocycles. The Kier molecular flexibility index (Phi) is 3.94. The first-order valence-corrected chi connectivity index (χ1v) is 6.64. The number of thiazole rings is 1. The number of nitrogens with two attached hydrogens (primary N) is 1. The summed E-state index contributed by atoms with van der Waals surface area (Å²) in [4.78, 5) is 4.54. The Morgan fingerprint density at radius 3 is 3.00 bits per heavy atom. The number of nitrogen functional groups attached to an aromatic ring is 1. The molecule has 2 rings (SSSR count). The maximum Gasteiger partial charge on any atom is 0.116 e. The highest BCUT2D eigenvalue weighted by molar-refractivity contribution is 7.10. The van der Waals surface area contributed by atoms with Crippen molar-refractivity contribution in [3.63, 3.8) is 0 Å². The lowest BCUT2D eigenvalue weighted by Gasteiger charge is -1.94. The predicted octanol–water partition coefficient (Wildman–Crippen LogP) is 3.85. The molecule has 0 bridgehead atoms. The summed E-state index contributed by atoms with van der Waals surface area (Å²) >= 11 is 1.68. The molecule has 0 fully saturated rings. The van der Waals surface area contributed by atoms with Crippen molar-refractivity contribution < 1.29 is 0 Å². The van der Waals surface area contributed by atoms with Crippen molar-refractivity contribution in [3.05, 3.63) is 45.9 Å². The quantitative estimate of drug-likeness (QED) is 0.830. The highest BCUT2D eigenvalue weighted by Crippen LogP contribution is 2.15. The summed E-state index contributed by atoms with van der Waals surface area (Å²) in [5, 5.41) is 3.18. The third-order valence-corrected chi connectivity index (χ3v) is 3.26. The van der Waals surface area contributed by atoms with Crippen LogP contribution in [0.3, 0.4) is 0 Å². The second-order valence-electron chi connectivity index (χ2n) is 3.93. The first kappa shape index (κ1) is 11.9. The zero-order valence-electron chi connectivity index (χ0n) is 9.89. The van der Waals surface area contributed by atoms with Crippen LogP contribution in [0.4, 0.5) is 5.69 Å². The maximum atomic E-state index is 5.72. The Morgan fingerprint density at radius 2 is 2.24 bits per heavy atom. The molecular formula is C14H16N2S. The van der Waals surface area contributed by atoms with Crippen LogP contribution >= 0.6 is 11.3 Å². The van der Waals surface area contributed by atoms with Crippen molar-refractivity contribution in [2.24, 2.45) is 0 Å². The predicted molar refractivity (Wildman–Crippen MR) is 75.9 cm³/mol. The molecule has 2 nitrogen and oxygen atoms in total. The van der Waals surface area contributed by atoms with Gasteiger partial charge in [-0.2, -0.15) is 0 Å². The lowest BCUT2D eigenvalue weighted by atomic mass is 10.2. The van der Waals surface area contributed by atoms with E-state index in [9.17, 15) is 0 Å². The smallest absolute Gasteiger partial charge is 0.116 e. The first-order valence-electron chi connectivity index (χ1n) is 5.76. The number of aryl methyl sites for hydroxylation is 1. The van der Waals surface area contributed by atoms with Gasteiger partial charge in [-0.1, -0.05) is 31.6 Å². The van der Waals surface area contributed by atoms with E-state index in [-0.39, 0.29) is 0 Å². The van der Waals surface area contributed by atoms with Crippen LogP contribution in [0, 0.1) is 0 Å². The number of rotatable bonds is 4. The molecular weight excluding hydrogens is 228 g/mol. The van der Waals surface area contributed by atoms with Crippen molar-refractivity contribution in [1.82, 2.24) is 4.98 Å². The van der Waals surface area contributed by atoms with Gasteiger partial charge in [0.25, 0.3) is 0 Å². The van der Waals surface area contributed by atoms with E-state index in [0.29, 0.717) is 0 Å². The standard InChI is InChI=1S/C14H16N2S/c1-2-4-13-10-17-14(16-13)8-7-11-5-3-6-12(15)9-11/h3,5-10H,2,4,15H2,1H3. The van der Waals surface area contributed by atoms with Crippen LogP contribution in [0.2, 0.25) is 0 Å². The van der Waals surface area contributed by atoms with Gasteiger partial charge in [0.2, 0.25) is 0 Å². The first-order chi connectivity index (χ1) is 8.28. The minimum absolute atomic E-state index is 0.790. The molecule has 0 saturated carbocycles. The molecule has 1 aromatic heterocycles. The molecule has 0 unspecified atom stereocenters. The SMILES string of the molecule is CCCc1csc(C=Cc2cccc(N)c2)n1. The molecule has 0 spiro atoms. The molecule has 0 aliphatic carbocycles. The minimum Gasteiger partial charge on any atom is -0.399 e. The number of nitrogens with zero attached hydrogens (tertiary/aromatic N) is 1. The van der Waals surface area contributed by atoms with E-state index in [1.165, 1.54) is 5.69 Å². The second-order valence-corrected chi connectivity index (χ2v) is 4.82. The molecule has 0 aliphatic rings. The zero-order valence-corrected chi connectivity index (χ0v) is 10.7. The molecule has 88 valence electrons. The largest absolute Gasteiger partial charge is 0.399 e. The number of hydrogen-bond donors (Lipinski definition) is 1. The average Bonchev–Trinajstić information content (AvgIpc) is 2.75. The maximum absolute atomic E-state index is 5.72. The monoisotopic (exact) mass is 244 g/mol. The number of anilines is 1. The average molecular weight is 244 g/mol. The van der Waals surface area contributed by atoms with E-state index in [1.54, 1.807) is 11.3 Å². The van der Waals surface area contributed by atoms with Crippen LogP contribution in [-0.2, 0) is 6.42 Å². The van der Waals surface area contributed by atoms with Gasteiger partial charge < -0.3 is 5.73 Å². The van der Waals surface area contributed by atoms with E-state index < -0.39 is 0 Å². The van der Waals surface area contributed by atoms with Gasteiger partial charge in [-0.3, -0.25) is 0 Å². The number of benzene rings is 1. The van der Waals surface area contributed by atoms with Gasteiger partial charge in [0.15, 0.2) is 0 Å². The fourth-order valence-electron chi connectivity index (χ4n) is 1.60. The van der Waals surface area contributed by atoms with E-state index in [2.05, 4.69) is 17.3 Å². The topological polar surface area (TPSA) is 38.9 Å². The normalized spacial score (nSPS) is 11.1. The van der Waals surface area contributed by atoms with Gasteiger partial charge in [0.1, 0.15) is 5.01 Å². The molecule has 0 radical (unpaired) electrons. The molecule has 1 heterocycles. The van der Waals surface area contributed by atoms with E-state index in [0.717, 1.165) is 29.1 Å². The molecule has 2 aromatic rings. The van der Waals surface area contributed by atoms with Crippen LogP contribution < -0.4 is 5.73 Å². The number of aromatic nitrogens is 1. The molecule has 17 heavy (non-hydrogen) atoms. The summed E-state index contributed by atoms with van der Waals surface area (Å²) in [6, 6.07) is 7.84. The molecule has 3 heteroatoms. The third kappa shape index (κ3) is 3.43. The molecule has 1 aromatic carbocycles. The summed E-state index contributed by atoms with van der Waals surface area (Å²) < 4.78 is 0. The van der Waals surface area contributed by atoms with Gasteiger partial charge in [-0.15, -0.1) is 11.3 Å². The molecule has 2 N–H and O–H groups in total. The van der Waals surface area contributed by atoms with Crippen molar-refractivity contribution in [2.45, 2.75) is 19.8 Å². The van der Waals surface area contributed by atoms with Crippen LogP contribution in [-0.4, -0.2) is 4.98 Å². The Labute approximate surface area is 106 Å². The van der Waals surface area contributed by atoms with Crippen molar-refractivity contribution >= 4 is 29.2 Å². The zero-order chi connectivity index (χ0) is 12.1. The molecule has 0 amide bonds. The fourth-order valence-corrected chi connectivity index (χ4v) is 2.34. The van der Waals surface area contributed by atoms with Crippen LogP contribution in [0.15, 0.2) is 29.6 Å². The van der Waals surface area contributed by atoms with Crippen molar-refractivity contribution in [3.8, 4) is 0 Å². The van der Waals surface area contributed by atoms with Crippen LogP contribution in [0.25, 0.3) is 12.2 Å². The van der Waals surface area contributed by atoms with Gasteiger partial charge >= 0.3 is 0 Å². The molecule has 0 atom stereocenters.